The van der Waals surface area contributed by atoms with Crippen LogP contribution in [-0.2, 0) is 0 Å². The maximum atomic E-state index is 12.2. The molecule has 2 rings (SSSR count). The maximum Gasteiger partial charge on any atom is 0.387 e. The van der Waals surface area contributed by atoms with E-state index in [1.165, 1.54) is 30.3 Å². The van der Waals surface area contributed by atoms with E-state index in [4.69, 9.17) is 11.6 Å². The molecule has 1 amide bonds. The van der Waals surface area contributed by atoms with Crippen LogP contribution in [0.1, 0.15) is 10.5 Å². The lowest BCUT2D eigenvalue weighted by Crippen LogP contribution is -2.15. The van der Waals surface area contributed by atoms with Crippen molar-refractivity contribution < 1.29 is 18.3 Å². The Morgan fingerprint density at radius 1 is 1.20 bits per heavy atom. The van der Waals surface area contributed by atoms with Gasteiger partial charge in [-0.3, -0.25) is 4.79 Å². The van der Waals surface area contributed by atoms with E-state index in [0.717, 1.165) is 0 Å². The predicted octanol–water partition coefficient (Wildman–Crippen LogP) is 3.59. The number of rotatable bonds is 4. The third-order valence-corrected chi connectivity index (χ3v) is 2.51. The van der Waals surface area contributed by atoms with E-state index >= 15 is 0 Å². The van der Waals surface area contributed by atoms with Crippen molar-refractivity contribution in [1.29, 1.82) is 0 Å². The fourth-order valence-electron chi connectivity index (χ4n) is 1.49. The molecule has 1 aromatic carbocycles. The van der Waals surface area contributed by atoms with E-state index in [9.17, 15) is 13.6 Å². The molecular formula is C13H9ClF2N2O2. The third-order valence-electron chi connectivity index (χ3n) is 2.30. The molecule has 1 N–H and O–H groups in total. The molecule has 20 heavy (non-hydrogen) atoms. The summed E-state index contributed by atoms with van der Waals surface area (Å²) in [6.07, 6.45) is 0. The molecule has 0 saturated heterocycles. The first-order valence-electron chi connectivity index (χ1n) is 5.54. The number of carbonyl (C=O) groups is 1. The van der Waals surface area contributed by atoms with Gasteiger partial charge in [-0.1, -0.05) is 29.8 Å². The van der Waals surface area contributed by atoms with Crippen LogP contribution in [0.2, 0.25) is 5.15 Å². The number of para-hydroxylation sites is 2. The van der Waals surface area contributed by atoms with E-state index in [2.05, 4.69) is 15.0 Å². The van der Waals surface area contributed by atoms with Crippen molar-refractivity contribution in [2.45, 2.75) is 6.61 Å². The van der Waals surface area contributed by atoms with Crippen LogP contribution < -0.4 is 10.1 Å². The average Bonchev–Trinajstić information content (AvgIpc) is 2.40. The molecular weight excluding hydrogens is 290 g/mol. The van der Waals surface area contributed by atoms with Gasteiger partial charge in [0.05, 0.1) is 5.69 Å². The number of alkyl halides is 2. The van der Waals surface area contributed by atoms with Gasteiger partial charge in [-0.2, -0.15) is 8.78 Å². The van der Waals surface area contributed by atoms with Crippen LogP contribution in [0.25, 0.3) is 0 Å². The number of anilines is 1. The number of hydrogen-bond donors (Lipinski definition) is 1. The van der Waals surface area contributed by atoms with Gasteiger partial charge in [-0.25, -0.2) is 4.98 Å². The molecule has 0 spiro atoms. The Balaban J connectivity index is 2.19. The molecule has 4 nitrogen and oxygen atoms in total. The van der Waals surface area contributed by atoms with Crippen molar-refractivity contribution in [3.05, 3.63) is 53.3 Å². The lowest BCUT2D eigenvalue weighted by Gasteiger charge is -2.11. The van der Waals surface area contributed by atoms with Gasteiger partial charge in [0, 0.05) is 0 Å². The fourth-order valence-corrected chi connectivity index (χ4v) is 1.65. The van der Waals surface area contributed by atoms with E-state index in [1.807, 2.05) is 0 Å². The molecule has 7 heteroatoms. The summed E-state index contributed by atoms with van der Waals surface area (Å²) in [6.45, 7) is -2.97. The number of halogens is 3. The summed E-state index contributed by atoms with van der Waals surface area (Å²) >= 11 is 5.68. The van der Waals surface area contributed by atoms with Gasteiger partial charge >= 0.3 is 6.61 Å². The molecule has 0 aliphatic rings. The van der Waals surface area contributed by atoms with Gasteiger partial charge < -0.3 is 10.1 Å². The van der Waals surface area contributed by atoms with E-state index < -0.39 is 12.5 Å². The summed E-state index contributed by atoms with van der Waals surface area (Å²) in [7, 11) is 0. The predicted molar refractivity (Wildman–Crippen MR) is 70.3 cm³/mol. The van der Waals surface area contributed by atoms with E-state index in [-0.39, 0.29) is 22.3 Å². The summed E-state index contributed by atoms with van der Waals surface area (Å²) in [5.41, 5.74) is 0.198. The molecule has 1 aromatic heterocycles. The zero-order valence-electron chi connectivity index (χ0n) is 10.0. The minimum atomic E-state index is -2.97. The highest BCUT2D eigenvalue weighted by atomic mass is 35.5. The van der Waals surface area contributed by atoms with Gasteiger partial charge in [-0.15, -0.1) is 0 Å². The highest BCUT2D eigenvalue weighted by Crippen LogP contribution is 2.25. The first kappa shape index (κ1) is 14.2. The smallest absolute Gasteiger partial charge is 0.387 e. The number of nitrogens with one attached hydrogen (secondary N) is 1. The van der Waals surface area contributed by atoms with Crippen molar-refractivity contribution in [3.63, 3.8) is 0 Å². The minimum Gasteiger partial charge on any atom is -0.433 e. The second kappa shape index (κ2) is 6.29. The molecule has 1 heterocycles. The van der Waals surface area contributed by atoms with Gasteiger partial charge in [0.15, 0.2) is 0 Å². The maximum absolute atomic E-state index is 12.2. The zero-order chi connectivity index (χ0) is 14.5. The van der Waals surface area contributed by atoms with Crippen LogP contribution in [0.3, 0.4) is 0 Å². The van der Waals surface area contributed by atoms with Gasteiger partial charge in [0.2, 0.25) is 0 Å². The van der Waals surface area contributed by atoms with Gasteiger partial charge in [0.1, 0.15) is 16.6 Å². The number of hydrogen-bond acceptors (Lipinski definition) is 3. The topological polar surface area (TPSA) is 51.2 Å². The molecule has 2 aromatic rings. The van der Waals surface area contributed by atoms with Gasteiger partial charge in [0.25, 0.3) is 5.91 Å². The molecule has 0 radical (unpaired) electrons. The van der Waals surface area contributed by atoms with E-state index in [1.54, 1.807) is 12.1 Å². The fraction of sp³-hybridized carbons (Fsp3) is 0.0769. The highest BCUT2D eigenvalue weighted by Gasteiger charge is 2.13. The number of amides is 1. The summed E-state index contributed by atoms with van der Waals surface area (Å²) in [5.74, 6) is -0.698. The lowest BCUT2D eigenvalue weighted by molar-refractivity contribution is -0.0493. The molecule has 0 atom stereocenters. The minimum absolute atomic E-state index is 0.0735. The van der Waals surface area contributed by atoms with Crippen molar-refractivity contribution >= 4 is 23.2 Å². The number of ether oxygens (including phenoxy) is 1. The van der Waals surface area contributed by atoms with Crippen molar-refractivity contribution in [2.75, 3.05) is 5.32 Å². The highest BCUT2D eigenvalue weighted by molar-refractivity contribution is 6.29. The van der Waals surface area contributed by atoms with Gasteiger partial charge in [-0.05, 0) is 24.3 Å². The van der Waals surface area contributed by atoms with Crippen LogP contribution >= 0.6 is 11.6 Å². The van der Waals surface area contributed by atoms with Crippen LogP contribution in [-0.4, -0.2) is 17.5 Å². The van der Waals surface area contributed by atoms with Crippen molar-refractivity contribution in [1.82, 2.24) is 4.98 Å². The van der Waals surface area contributed by atoms with Crippen LogP contribution in [0.5, 0.6) is 5.75 Å². The second-order valence-corrected chi connectivity index (χ2v) is 4.06. The zero-order valence-corrected chi connectivity index (χ0v) is 10.8. The summed E-state index contributed by atoms with van der Waals surface area (Å²) in [5, 5.41) is 2.60. The Morgan fingerprint density at radius 3 is 2.65 bits per heavy atom. The number of benzene rings is 1. The molecule has 0 unspecified atom stereocenters. The Hall–Kier alpha value is -2.21. The Bertz CT molecular complexity index is 623. The first-order valence-corrected chi connectivity index (χ1v) is 5.92. The Labute approximate surface area is 118 Å². The first-order chi connectivity index (χ1) is 9.56. The average molecular weight is 299 g/mol. The summed E-state index contributed by atoms with van der Waals surface area (Å²) < 4.78 is 28.8. The normalized spacial score (nSPS) is 10.4. The molecule has 0 fully saturated rings. The SMILES string of the molecule is O=C(Nc1ccccc1OC(F)F)c1cccc(Cl)n1. The standard InChI is InChI=1S/C13H9ClF2N2O2/c14-11-7-3-5-9(17-11)12(19)18-8-4-1-2-6-10(8)20-13(15)16/h1-7,13H,(H,18,19). The van der Waals surface area contributed by atoms with Crippen molar-refractivity contribution in [3.8, 4) is 5.75 Å². The summed E-state index contributed by atoms with van der Waals surface area (Å²) in [4.78, 5) is 15.8. The summed E-state index contributed by atoms with van der Waals surface area (Å²) in [6, 6.07) is 10.4. The van der Waals surface area contributed by atoms with Crippen LogP contribution in [0.4, 0.5) is 14.5 Å². The Morgan fingerprint density at radius 2 is 1.95 bits per heavy atom. The van der Waals surface area contributed by atoms with Crippen molar-refractivity contribution in [2.24, 2.45) is 0 Å². The quantitative estimate of drug-likeness (QED) is 0.878. The molecule has 0 aliphatic heterocycles. The molecule has 0 aliphatic carbocycles. The number of pyridine rings is 1. The van der Waals surface area contributed by atoms with Crippen LogP contribution in [0.15, 0.2) is 42.5 Å². The number of aromatic nitrogens is 1. The number of carbonyl (C=O) groups excluding carboxylic acids is 1. The Kier molecular flexibility index (Phi) is 4.47. The third kappa shape index (κ3) is 3.64. The van der Waals surface area contributed by atoms with Crippen LogP contribution in [0, 0.1) is 0 Å². The lowest BCUT2D eigenvalue weighted by atomic mass is 10.2. The molecule has 0 bridgehead atoms. The van der Waals surface area contributed by atoms with E-state index in [0.29, 0.717) is 0 Å². The largest absolute Gasteiger partial charge is 0.433 e. The number of nitrogens with zero attached hydrogens (tertiary/aromatic N) is 1. The monoisotopic (exact) mass is 298 g/mol. The second-order valence-electron chi connectivity index (χ2n) is 3.67. The molecule has 104 valence electrons. The molecule has 0 saturated carbocycles.